The van der Waals surface area contributed by atoms with Crippen molar-refractivity contribution in [3.63, 3.8) is 0 Å². The van der Waals surface area contributed by atoms with Gasteiger partial charge in [0, 0.05) is 0 Å². The summed E-state index contributed by atoms with van der Waals surface area (Å²) in [4.78, 5) is 0. The van der Waals surface area contributed by atoms with E-state index < -0.39 is 0 Å². The first kappa shape index (κ1) is 10.4. The van der Waals surface area contributed by atoms with Crippen LogP contribution in [0.5, 0.6) is 0 Å². The Balaban J connectivity index is 2.02. The molecule has 1 spiro atoms. The molecule has 0 nitrogen and oxygen atoms in total. The molecule has 86 valence electrons. The highest BCUT2D eigenvalue weighted by Gasteiger charge is 2.60. The van der Waals surface area contributed by atoms with Crippen LogP contribution in [0.2, 0.25) is 0 Å². The average molecular weight is 214 g/mol. The van der Waals surface area contributed by atoms with E-state index in [9.17, 15) is 0 Å². The molecule has 0 bridgehead atoms. The second-order valence-corrected chi connectivity index (χ2v) is 6.79. The van der Waals surface area contributed by atoms with Gasteiger partial charge in [0.15, 0.2) is 0 Å². The van der Waals surface area contributed by atoms with Crippen molar-refractivity contribution in [1.82, 2.24) is 0 Å². The van der Waals surface area contributed by atoms with E-state index in [1.54, 1.807) is 11.1 Å². The van der Waals surface area contributed by atoms with Crippen LogP contribution in [-0.2, 0) is 11.8 Å². The zero-order valence-corrected chi connectivity index (χ0v) is 10.7. The third kappa shape index (κ3) is 1.35. The first-order valence-corrected chi connectivity index (χ1v) is 6.62. The Morgan fingerprint density at radius 2 is 1.94 bits per heavy atom. The van der Waals surface area contributed by atoms with Gasteiger partial charge < -0.3 is 0 Å². The van der Waals surface area contributed by atoms with Crippen LogP contribution in [0.3, 0.4) is 0 Å². The van der Waals surface area contributed by atoms with Gasteiger partial charge in [0.1, 0.15) is 0 Å². The molecule has 2 aliphatic rings. The molecule has 1 aromatic carbocycles. The zero-order valence-electron chi connectivity index (χ0n) is 10.7. The lowest BCUT2D eigenvalue weighted by Crippen LogP contribution is -2.23. The molecule has 1 saturated carbocycles. The summed E-state index contributed by atoms with van der Waals surface area (Å²) < 4.78 is 0. The third-order valence-electron chi connectivity index (χ3n) is 4.74. The van der Waals surface area contributed by atoms with E-state index in [-0.39, 0.29) is 0 Å². The summed E-state index contributed by atoms with van der Waals surface area (Å²) in [6.07, 6.45) is 5.54. The predicted molar refractivity (Wildman–Crippen MR) is 68.6 cm³/mol. The highest BCUT2D eigenvalue weighted by atomic mass is 14.6. The van der Waals surface area contributed by atoms with Crippen molar-refractivity contribution in [2.24, 2.45) is 11.3 Å². The fourth-order valence-electron chi connectivity index (χ4n) is 3.97. The van der Waals surface area contributed by atoms with Crippen LogP contribution >= 0.6 is 0 Å². The third-order valence-corrected chi connectivity index (χ3v) is 4.74. The fourth-order valence-corrected chi connectivity index (χ4v) is 3.97. The highest BCUT2D eigenvalue weighted by Crippen LogP contribution is 2.66. The van der Waals surface area contributed by atoms with Crippen molar-refractivity contribution in [3.8, 4) is 0 Å². The zero-order chi connectivity index (χ0) is 11.4. The molecular weight excluding hydrogens is 192 g/mol. The van der Waals surface area contributed by atoms with Crippen molar-refractivity contribution < 1.29 is 0 Å². The number of hydrogen-bond acceptors (Lipinski definition) is 0. The Morgan fingerprint density at radius 3 is 2.62 bits per heavy atom. The molecule has 0 radical (unpaired) electrons. The van der Waals surface area contributed by atoms with Crippen LogP contribution in [0.4, 0.5) is 0 Å². The molecule has 0 saturated heterocycles. The van der Waals surface area contributed by atoms with E-state index in [1.807, 2.05) is 0 Å². The second kappa shape index (κ2) is 3.12. The molecule has 2 atom stereocenters. The maximum Gasteiger partial charge on any atom is -0.000747 e. The minimum absolute atomic E-state index is 0.477. The lowest BCUT2D eigenvalue weighted by Gasteiger charge is -2.30. The summed E-state index contributed by atoms with van der Waals surface area (Å²) in [6, 6.07) is 9.16. The van der Waals surface area contributed by atoms with Crippen LogP contribution in [0, 0.1) is 11.3 Å². The second-order valence-electron chi connectivity index (χ2n) is 6.79. The van der Waals surface area contributed by atoms with E-state index >= 15 is 0 Å². The van der Waals surface area contributed by atoms with Gasteiger partial charge in [-0.2, -0.15) is 0 Å². The van der Waals surface area contributed by atoms with Gasteiger partial charge in [-0.1, -0.05) is 45.0 Å². The van der Waals surface area contributed by atoms with Gasteiger partial charge in [-0.05, 0) is 53.6 Å². The van der Waals surface area contributed by atoms with Crippen LogP contribution < -0.4 is 0 Å². The number of aryl methyl sites for hydroxylation is 1. The van der Waals surface area contributed by atoms with Gasteiger partial charge >= 0.3 is 0 Å². The molecular formula is C16H22. The van der Waals surface area contributed by atoms with Crippen LogP contribution in [0.25, 0.3) is 0 Å². The Labute approximate surface area is 99.1 Å². The number of hydrogen-bond donors (Lipinski definition) is 0. The highest BCUT2D eigenvalue weighted by molar-refractivity contribution is 5.43. The van der Waals surface area contributed by atoms with Gasteiger partial charge in [0.2, 0.25) is 0 Å². The summed E-state index contributed by atoms with van der Waals surface area (Å²) in [5, 5.41) is 0. The van der Waals surface area contributed by atoms with E-state index in [4.69, 9.17) is 0 Å². The number of benzene rings is 1. The molecule has 0 aromatic heterocycles. The summed E-state index contributed by atoms with van der Waals surface area (Å²) in [7, 11) is 0. The van der Waals surface area contributed by atoms with Gasteiger partial charge in [-0.15, -0.1) is 0 Å². The molecule has 1 fully saturated rings. The maximum absolute atomic E-state index is 2.41. The number of rotatable bonds is 0. The van der Waals surface area contributed by atoms with E-state index in [0.717, 1.165) is 5.92 Å². The summed E-state index contributed by atoms with van der Waals surface area (Å²) in [5.74, 6) is 0.904. The average Bonchev–Trinajstić information content (AvgIpc) is 2.94. The lowest BCUT2D eigenvalue weighted by atomic mass is 9.74. The standard InChI is InChI=1S/C16H22/c1-15(2,3)14-11-16(14)10-6-8-12-7-4-5-9-13(12)16/h4-5,7,9,14H,6,8,10-11H2,1-3H3. The van der Waals surface area contributed by atoms with Crippen molar-refractivity contribution in [2.75, 3.05) is 0 Å². The van der Waals surface area contributed by atoms with Gasteiger partial charge in [-0.25, -0.2) is 0 Å². The minimum atomic E-state index is 0.477. The first-order valence-electron chi connectivity index (χ1n) is 6.62. The topological polar surface area (TPSA) is 0 Å². The fraction of sp³-hybridized carbons (Fsp3) is 0.625. The summed E-state index contributed by atoms with van der Waals surface area (Å²) >= 11 is 0. The van der Waals surface area contributed by atoms with E-state index in [1.165, 1.54) is 25.7 Å². The van der Waals surface area contributed by atoms with Crippen molar-refractivity contribution in [1.29, 1.82) is 0 Å². The first-order chi connectivity index (χ1) is 7.54. The van der Waals surface area contributed by atoms with Gasteiger partial charge in [0.25, 0.3) is 0 Å². The molecule has 0 aliphatic heterocycles. The smallest absolute Gasteiger partial charge is 0.000747 e. The monoisotopic (exact) mass is 214 g/mol. The van der Waals surface area contributed by atoms with Crippen LogP contribution in [0.1, 0.15) is 51.2 Å². The van der Waals surface area contributed by atoms with Crippen molar-refractivity contribution in [3.05, 3.63) is 35.4 Å². The van der Waals surface area contributed by atoms with E-state index in [2.05, 4.69) is 45.0 Å². The van der Waals surface area contributed by atoms with Crippen molar-refractivity contribution >= 4 is 0 Å². The van der Waals surface area contributed by atoms with Gasteiger partial charge in [0.05, 0.1) is 0 Å². The minimum Gasteiger partial charge on any atom is -0.0620 e. The molecule has 3 rings (SSSR count). The maximum atomic E-state index is 2.41. The predicted octanol–water partition coefficient (Wildman–Crippen LogP) is 4.33. The Hall–Kier alpha value is -0.780. The SMILES string of the molecule is CC(C)(C)C1CC12CCCc1ccccc12. The molecule has 1 aromatic rings. The summed E-state index contributed by atoms with van der Waals surface area (Å²) in [5.41, 5.74) is 4.35. The largest absolute Gasteiger partial charge is 0.0620 e. The summed E-state index contributed by atoms with van der Waals surface area (Å²) in [6.45, 7) is 7.22. The van der Waals surface area contributed by atoms with Crippen LogP contribution in [0.15, 0.2) is 24.3 Å². The molecule has 0 N–H and O–H groups in total. The molecule has 0 heterocycles. The molecule has 0 heteroatoms. The lowest BCUT2D eigenvalue weighted by molar-refractivity contribution is 0.302. The molecule has 2 unspecified atom stereocenters. The molecule has 0 amide bonds. The quantitative estimate of drug-likeness (QED) is 0.603. The van der Waals surface area contributed by atoms with Crippen LogP contribution in [-0.4, -0.2) is 0 Å². The Kier molecular flexibility index (Phi) is 2.02. The normalized spacial score (nSPS) is 32.6. The molecule has 2 aliphatic carbocycles. The van der Waals surface area contributed by atoms with Gasteiger partial charge in [-0.3, -0.25) is 0 Å². The molecule has 16 heavy (non-hydrogen) atoms. The Morgan fingerprint density at radius 1 is 1.19 bits per heavy atom. The van der Waals surface area contributed by atoms with Crippen molar-refractivity contribution in [2.45, 2.75) is 51.9 Å². The Bertz CT molecular complexity index is 410. The van der Waals surface area contributed by atoms with E-state index in [0.29, 0.717) is 10.8 Å². The number of fused-ring (bicyclic) bond motifs is 2.